The van der Waals surface area contributed by atoms with Crippen LogP contribution < -0.4 is 5.32 Å². The lowest BCUT2D eigenvalue weighted by molar-refractivity contribution is -0.117. The number of aromatic nitrogens is 1. The van der Waals surface area contributed by atoms with Gasteiger partial charge in [0.2, 0.25) is 5.91 Å². The Kier molecular flexibility index (Phi) is 5.38. The van der Waals surface area contributed by atoms with Crippen LogP contribution >= 0.6 is 22.7 Å². The number of carbonyl (C=O) groups is 1. The molecule has 25 heavy (non-hydrogen) atoms. The maximum absolute atomic E-state index is 12.8. The molecule has 0 spiro atoms. The highest BCUT2D eigenvalue weighted by Gasteiger charge is 2.31. The van der Waals surface area contributed by atoms with Crippen molar-refractivity contribution >= 4 is 38.6 Å². The first-order valence-electron chi connectivity index (χ1n) is 7.85. The fraction of sp³-hybridized carbons (Fsp3) is 0.375. The molecule has 0 saturated carbocycles. The second-order valence-electron chi connectivity index (χ2n) is 5.76. The van der Waals surface area contributed by atoms with Gasteiger partial charge in [-0.15, -0.1) is 22.7 Å². The van der Waals surface area contributed by atoms with E-state index in [0.717, 1.165) is 15.6 Å². The van der Waals surface area contributed by atoms with Crippen molar-refractivity contribution < 1.29 is 13.2 Å². The van der Waals surface area contributed by atoms with E-state index in [2.05, 4.69) is 16.9 Å². The Balaban J connectivity index is 1.69. The molecule has 0 atom stereocenters. The fourth-order valence-electron chi connectivity index (χ4n) is 2.70. The number of hydrogen-bond acceptors (Lipinski definition) is 6. The molecule has 0 unspecified atom stereocenters. The standard InChI is InChI=1S/C16H19N3O3S3/c1-3-15(20)18-12-6-8-19(9-7-12)25(21,22)16-5-4-14(24-16)13-10-23-11(2)17-13/h3-5,10,12H,1,6-9H2,2H3,(H,18,20). The summed E-state index contributed by atoms with van der Waals surface area (Å²) in [5.74, 6) is -0.220. The van der Waals surface area contributed by atoms with Gasteiger partial charge in [0.05, 0.1) is 15.6 Å². The Hall–Kier alpha value is -1.55. The summed E-state index contributed by atoms with van der Waals surface area (Å²) in [5, 5.41) is 5.72. The Morgan fingerprint density at radius 3 is 2.72 bits per heavy atom. The molecule has 2 aromatic rings. The first-order chi connectivity index (χ1) is 11.9. The molecule has 0 aromatic carbocycles. The fourth-order valence-corrected chi connectivity index (χ4v) is 6.28. The van der Waals surface area contributed by atoms with Crippen molar-refractivity contribution in [3.8, 4) is 10.6 Å². The molecule has 2 aromatic heterocycles. The lowest BCUT2D eigenvalue weighted by Gasteiger charge is -2.31. The smallest absolute Gasteiger partial charge is 0.252 e. The van der Waals surface area contributed by atoms with E-state index in [1.807, 2.05) is 18.4 Å². The summed E-state index contributed by atoms with van der Waals surface area (Å²) < 4.78 is 27.5. The zero-order chi connectivity index (χ0) is 18.0. The van der Waals surface area contributed by atoms with Crippen LogP contribution in [0.3, 0.4) is 0 Å². The van der Waals surface area contributed by atoms with Crippen molar-refractivity contribution in [3.05, 3.63) is 35.2 Å². The molecule has 1 amide bonds. The molecule has 1 N–H and O–H groups in total. The number of nitrogens with zero attached hydrogens (tertiary/aromatic N) is 2. The minimum Gasteiger partial charge on any atom is -0.350 e. The predicted molar refractivity (Wildman–Crippen MR) is 100 cm³/mol. The van der Waals surface area contributed by atoms with E-state index in [0.29, 0.717) is 30.1 Å². The van der Waals surface area contributed by atoms with Crippen LogP contribution in [0.4, 0.5) is 0 Å². The van der Waals surface area contributed by atoms with E-state index in [1.165, 1.54) is 21.7 Å². The third kappa shape index (κ3) is 4.00. The summed E-state index contributed by atoms with van der Waals surface area (Å²) >= 11 is 2.79. The number of nitrogens with one attached hydrogen (secondary N) is 1. The van der Waals surface area contributed by atoms with Crippen molar-refractivity contribution in [1.29, 1.82) is 0 Å². The molecule has 0 aliphatic carbocycles. The first kappa shape index (κ1) is 18.2. The van der Waals surface area contributed by atoms with E-state index >= 15 is 0 Å². The second kappa shape index (κ2) is 7.36. The molecule has 3 rings (SSSR count). The summed E-state index contributed by atoms with van der Waals surface area (Å²) in [7, 11) is -3.51. The molecular formula is C16H19N3O3S3. The number of sulfonamides is 1. The maximum Gasteiger partial charge on any atom is 0.252 e. The van der Waals surface area contributed by atoms with Crippen LogP contribution in [-0.4, -0.2) is 42.7 Å². The SMILES string of the molecule is C=CC(=O)NC1CCN(S(=O)(=O)c2ccc(-c3csc(C)n3)s2)CC1. The lowest BCUT2D eigenvalue weighted by Crippen LogP contribution is -2.46. The summed E-state index contributed by atoms with van der Waals surface area (Å²) in [6, 6.07) is 3.45. The number of thiophene rings is 1. The molecule has 1 aliphatic heterocycles. The van der Waals surface area contributed by atoms with E-state index in [1.54, 1.807) is 17.4 Å². The average molecular weight is 398 g/mol. The van der Waals surface area contributed by atoms with Gasteiger partial charge >= 0.3 is 0 Å². The van der Waals surface area contributed by atoms with Gasteiger partial charge in [0.25, 0.3) is 10.0 Å². The molecule has 6 nitrogen and oxygen atoms in total. The van der Waals surface area contributed by atoms with Crippen LogP contribution in [-0.2, 0) is 14.8 Å². The molecule has 1 fully saturated rings. The van der Waals surface area contributed by atoms with Crippen molar-refractivity contribution in [1.82, 2.24) is 14.6 Å². The zero-order valence-electron chi connectivity index (χ0n) is 13.8. The number of piperidine rings is 1. The van der Waals surface area contributed by atoms with Gasteiger partial charge in [-0.3, -0.25) is 4.79 Å². The lowest BCUT2D eigenvalue weighted by atomic mass is 10.1. The van der Waals surface area contributed by atoms with E-state index in [-0.39, 0.29) is 11.9 Å². The average Bonchev–Trinajstić information content (AvgIpc) is 3.24. The molecule has 0 bridgehead atoms. The highest BCUT2D eigenvalue weighted by atomic mass is 32.2. The molecule has 0 radical (unpaired) electrons. The van der Waals surface area contributed by atoms with E-state index in [9.17, 15) is 13.2 Å². The topological polar surface area (TPSA) is 79.4 Å². The second-order valence-corrected chi connectivity index (χ2v) is 10.1. The number of amides is 1. The molecular weight excluding hydrogens is 378 g/mol. The Morgan fingerprint density at radius 2 is 2.12 bits per heavy atom. The predicted octanol–water partition coefficient (Wildman–Crippen LogP) is 2.64. The van der Waals surface area contributed by atoms with Crippen molar-refractivity contribution in [2.45, 2.75) is 30.0 Å². The van der Waals surface area contributed by atoms with Gasteiger partial charge in [-0.2, -0.15) is 4.31 Å². The van der Waals surface area contributed by atoms with Crippen molar-refractivity contribution in [2.24, 2.45) is 0 Å². The van der Waals surface area contributed by atoms with Crippen LogP contribution in [0.2, 0.25) is 0 Å². The minimum absolute atomic E-state index is 0.00571. The van der Waals surface area contributed by atoms with E-state index in [4.69, 9.17) is 0 Å². The molecule has 3 heterocycles. The van der Waals surface area contributed by atoms with Gasteiger partial charge in [0.15, 0.2) is 0 Å². The van der Waals surface area contributed by atoms with Gasteiger partial charge < -0.3 is 5.32 Å². The molecule has 1 saturated heterocycles. The summed E-state index contributed by atoms with van der Waals surface area (Å²) in [6.45, 7) is 6.15. The number of thiazole rings is 1. The van der Waals surface area contributed by atoms with Gasteiger partial charge in [-0.05, 0) is 38.0 Å². The number of aryl methyl sites for hydroxylation is 1. The van der Waals surface area contributed by atoms with Gasteiger partial charge in [-0.25, -0.2) is 13.4 Å². The minimum atomic E-state index is -3.51. The third-order valence-electron chi connectivity index (χ3n) is 4.03. The van der Waals surface area contributed by atoms with Crippen LogP contribution in [0.5, 0.6) is 0 Å². The summed E-state index contributed by atoms with van der Waals surface area (Å²) in [4.78, 5) is 16.6. The van der Waals surface area contributed by atoms with Crippen LogP contribution in [0.1, 0.15) is 17.8 Å². The van der Waals surface area contributed by atoms with Crippen molar-refractivity contribution in [3.63, 3.8) is 0 Å². The number of carbonyl (C=O) groups excluding carboxylic acids is 1. The van der Waals surface area contributed by atoms with Crippen LogP contribution in [0.15, 0.2) is 34.4 Å². The Bertz CT molecular complexity index is 877. The highest BCUT2D eigenvalue weighted by molar-refractivity contribution is 7.91. The third-order valence-corrected chi connectivity index (χ3v) is 8.28. The number of rotatable bonds is 5. The van der Waals surface area contributed by atoms with Gasteiger partial charge in [-0.1, -0.05) is 6.58 Å². The van der Waals surface area contributed by atoms with Crippen LogP contribution in [0, 0.1) is 6.92 Å². The molecule has 134 valence electrons. The Labute approximate surface area is 155 Å². The highest BCUT2D eigenvalue weighted by Crippen LogP contribution is 2.33. The normalized spacial score (nSPS) is 16.7. The van der Waals surface area contributed by atoms with Gasteiger partial charge in [0, 0.05) is 24.5 Å². The summed E-state index contributed by atoms with van der Waals surface area (Å²) in [6.07, 6.45) is 2.43. The summed E-state index contributed by atoms with van der Waals surface area (Å²) in [5.41, 5.74) is 0.819. The Morgan fingerprint density at radius 1 is 1.40 bits per heavy atom. The molecule has 1 aliphatic rings. The molecule has 9 heteroatoms. The van der Waals surface area contributed by atoms with E-state index < -0.39 is 10.0 Å². The monoisotopic (exact) mass is 397 g/mol. The maximum atomic E-state index is 12.8. The largest absolute Gasteiger partial charge is 0.350 e. The van der Waals surface area contributed by atoms with Gasteiger partial charge in [0.1, 0.15) is 4.21 Å². The first-order valence-corrected chi connectivity index (χ1v) is 11.0. The van der Waals surface area contributed by atoms with Crippen LogP contribution in [0.25, 0.3) is 10.6 Å². The zero-order valence-corrected chi connectivity index (χ0v) is 16.2. The van der Waals surface area contributed by atoms with Crippen molar-refractivity contribution in [2.75, 3.05) is 13.1 Å². The number of hydrogen-bond donors (Lipinski definition) is 1. The quantitative estimate of drug-likeness (QED) is 0.787.